The highest BCUT2D eigenvalue weighted by Crippen LogP contribution is 2.25. The van der Waals surface area contributed by atoms with Gasteiger partial charge in [0.15, 0.2) is 5.89 Å². The second-order valence-electron chi connectivity index (χ2n) is 5.17. The van der Waals surface area contributed by atoms with E-state index in [1.54, 1.807) is 14.0 Å². The number of nitriles is 1. The van der Waals surface area contributed by atoms with Crippen molar-refractivity contribution in [3.63, 3.8) is 0 Å². The minimum absolute atomic E-state index is 0.371. The van der Waals surface area contributed by atoms with Crippen molar-refractivity contribution in [2.45, 2.75) is 6.92 Å². The molecule has 22 heavy (non-hydrogen) atoms. The zero-order valence-electron chi connectivity index (χ0n) is 12.7. The molecule has 0 saturated carbocycles. The maximum Gasteiger partial charge on any atom is 0.234 e. The van der Waals surface area contributed by atoms with Crippen LogP contribution in [0.3, 0.4) is 0 Å². The van der Waals surface area contributed by atoms with Crippen molar-refractivity contribution in [2.24, 2.45) is 0 Å². The second-order valence-corrected chi connectivity index (χ2v) is 5.17. The molecule has 2 aromatic rings. The van der Waals surface area contributed by atoms with E-state index in [0.717, 1.165) is 31.9 Å². The van der Waals surface area contributed by atoms with E-state index < -0.39 is 0 Å². The molecule has 1 saturated heterocycles. The first kappa shape index (κ1) is 14.3. The molecule has 0 N–H and O–H groups in total. The summed E-state index contributed by atoms with van der Waals surface area (Å²) in [5, 5.41) is 9.12. The maximum absolute atomic E-state index is 9.12. The second kappa shape index (κ2) is 5.98. The van der Waals surface area contributed by atoms with E-state index in [0.29, 0.717) is 17.5 Å². The zero-order valence-corrected chi connectivity index (χ0v) is 12.7. The Morgan fingerprint density at radius 3 is 2.36 bits per heavy atom. The Balaban J connectivity index is 1.68. The van der Waals surface area contributed by atoms with Gasteiger partial charge in [0.25, 0.3) is 0 Å². The number of methoxy groups -OCH3 is 1. The summed E-state index contributed by atoms with van der Waals surface area (Å²) in [7, 11) is 1.67. The molecule has 0 atom stereocenters. The van der Waals surface area contributed by atoms with E-state index in [-0.39, 0.29) is 0 Å². The molecule has 1 aliphatic heterocycles. The highest BCUT2D eigenvalue weighted by Gasteiger charge is 2.23. The SMILES string of the molecule is COc1ccc(N2CCN(c3oc(C)nc3C#N)CC2)cc1. The summed E-state index contributed by atoms with van der Waals surface area (Å²) in [4.78, 5) is 8.50. The Morgan fingerprint density at radius 2 is 1.77 bits per heavy atom. The third-order valence-electron chi connectivity index (χ3n) is 3.83. The van der Waals surface area contributed by atoms with E-state index in [1.807, 2.05) is 12.1 Å². The van der Waals surface area contributed by atoms with Crippen molar-refractivity contribution < 1.29 is 9.15 Å². The van der Waals surface area contributed by atoms with Gasteiger partial charge in [0, 0.05) is 38.8 Å². The van der Waals surface area contributed by atoms with Gasteiger partial charge in [-0.2, -0.15) is 5.26 Å². The van der Waals surface area contributed by atoms with Crippen LogP contribution < -0.4 is 14.5 Å². The van der Waals surface area contributed by atoms with Crippen LogP contribution in [0.4, 0.5) is 11.6 Å². The first-order valence-corrected chi connectivity index (χ1v) is 7.22. The lowest BCUT2D eigenvalue weighted by Gasteiger charge is -2.35. The van der Waals surface area contributed by atoms with Crippen molar-refractivity contribution in [3.05, 3.63) is 35.9 Å². The molecule has 0 unspecified atom stereocenters. The van der Waals surface area contributed by atoms with Gasteiger partial charge in [-0.3, -0.25) is 0 Å². The molecule has 2 heterocycles. The van der Waals surface area contributed by atoms with E-state index in [2.05, 4.69) is 33.0 Å². The van der Waals surface area contributed by atoms with Crippen molar-refractivity contribution in [1.82, 2.24) is 4.98 Å². The van der Waals surface area contributed by atoms with E-state index in [1.165, 1.54) is 5.69 Å². The van der Waals surface area contributed by atoms with Gasteiger partial charge in [-0.05, 0) is 24.3 Å². The minimum Gasteiger partial charge on any atom is -0.497 e. The Bertz CT molecular complexity index is 679. The largest absolute Gasteiger partial charge is 0.497 e. The number of hydrogen-bond donors (Lipinski definition) is 0. The first-order valence-electron chi connectivity index (χ1n) is 7.22. The molecular formula is C16H18N4O2. The van der Waals surface area contributed by atoms with Crippen LogP contribution in [0.5, 0.6) is 5.75 Å². The summed E-state index contributed by atoms with van der Waals surface area (Å²) in [6.07, 6.45) is 0. The number of piperazine rings is 1. The van der Waals surface area contributed by atoms with Crippen molar-refractivity contribution in [2.75, 3.05) is 43.1 Å². The van der Waals surface area contributed by atoms with Crippen LogP contribution >= 0.6 is 0 Å². The smallest absolute Gasteiger partial charge is 0.234 e. The predicted octanol–water partition coefficient (Wildman–Crippen LogP) is 2.19. The standard InChI is InChI=1S/C16H18N4O2/c1-12-18-15(11-17)16(22-12)20-9-7-19(8-10-20)13-3-5-14(21-2)6-4-13/h3-6H,7-10H2,1-2H3. The fraction of sp³-hybridized carbons (Fsp3) is 0.375. The molecule has 0 spiro atoms. The Hall–Kier alpha value is -2.68. The van der Waals surface area contributed by atoms with Gasteiger partial charge in [-0.15, -0.1) is 0 Å². The maximum atomic E-state index is 9.12. The highest BCUT2D eigenvalue weighted by atomic mass is 16.5. The number of aromatic nitrogens is 1. The highest BCUT2D eigenvalue weighted by molar-refractivity contribution is 5.53. The summed E-state index contributed by atoms with van der Waals surface area (Å²) in [5.74, 6) is 1.98. The van der Waals surface area contributed by atoms with Gasteiger partial charge in [-0.25, -0.2) is 4.98 Å². The average molecular weight is 298 g/mol. The normalized spacial score (nSPS) is 14.8. The summed E-state index contributed by atoms with van der Waals surface area (Å²) in [6, 6.07) is 10.2. The van der Waals surface area contributed by atoms with Gasteiger partial charge >= 0.3 is 0 Å². The molecule has 3 rings (SSSR count). The lowest BCUT2D eigenvalue weighted by molar-refractivity contribution is 0.415. The number of ether oxygens (including phenoxy) is 1. The van der Waals surface area contributed by atoms with E-state index in [4.69, 9.17) is 14.4 Å². The predicted molar refractivity (Wildman–Crippen MR) is 83.4 cm³/mol. The minimum atomic E-state index is 0.371. The summed E-state index contributed by atoms with van der Waals surface area (Å²) in [6.45, 7) is 5.11. The van der Waals surface area contributed by atoms with Crippen molar-refractivity contribution in [1.29, 1.82) is 5.26 Å². The number of aryl methyl sites for hydroxylation is 1. The molecule has 0 aliphatic carbocycles. The van der Waals surface area contributed by atoms with Crippen LogP contribution in [0, 0.1) is 18.3 Å². The molecule has 1 fully saturated rings. The molecule has 1 aliphatic rings. The molecule has 0 radical (unpaired) electrons. The third kappa shape index (κ3) is 2.70. The Kier molecular flexibility index (Phi) is 3.88. The van der Waals surface area contributed by atoms with Crippen LogP contribution in [0.1, 0.15) is 11.6 Å². The Labute approximate surface area is 129 Å². The van der Waals surface area contributed by atoms with Gasteiger partial charge < -0.3 is 19.0 Å². The first-order chi connectivity index (χ1) is 10.7. The number of benzene rings is 1. The quantitative estimate of drug-likeness (QED) is 0.865. The molecule has 6 heteroatoms. The van der Waals surface area contributed by atoms with Gasteiger partial charge in [0.2, 0.25) is 11.6 Å². The summed E-state index contributed by atoms with van der Waals surface area (Å²) < 4.78 is 10.8. The molecule has 0 bridgehead atoms. The fourth-order valence-corrected chi connectivity index (χ4v) is 2.66. The van der Waals surface area contributed by atoms with Crippen LogP contribution in [0.2, 0.25) is 0 Å². The third-order valence-corrected chi connectivity index (χ3v) is 3.83. The van der Waals surface area contributed by atoms with Gasteiger partial charge in [-0.1, -0.05) is 0 Å². The lowest BCUT2D eigenvalue weighted by Crippen LogP contribution is -2.46. The van der Waals surface area contributed by atoms with Crippen LogP contribution in [0.25, 0.3) is 0 Å². The zero-order chi connectivity index (χ0) is 15.5. The number of oxazole rings is 1. The molecular weight excluding hydrogens is 280 g/mol. The van der Waals surface area contributed by atoms with E-state index in [9.17, 15) is 0 Å². The average Bonchev–Trinajstić information content (AvgIpc) is 2.96. The van der Waals surface area contributed by atoms with Crippen LogP contribution in [0.15, 0.2) is 28.7 Å². The molecule has 114 valence electrons. The summed E-state index contributed by atoms with van der Waals surface area (Å²) in [5.41, 5.74) is 1.55. The topological polar surface area (TPSA) is 65.5 Å². The van der Waals surface area contributed by atoms with Gasteiger partial charge in [0.1, 0.15) is 11.8 Å². The molecule has 6 nitrogen and oxygen atoms in total. The molecule has 1 aromatic heterocycles. The summed E-state index contributed by atoms with van der Waals surface area (Å²) >= 11 is 0. The molecule has 0 amide bonds. The van der Waals surface area contributed by atoms with Crippen LogP contribution in [-0.4, -0.2) is 38.3 Å². The van der Waals surface area contributed by atoms with Crippen molar-refractivity contribution >= 4 is 11.6 Å². The van der Waals surface area contributed by atoms with Gasteiger partial charge in [0.05, 0.1) is 7.11 Å². The van der Waals surface area contributed by atoms with Crippen LogP contribution in [-0.2, 0) is 0 Å². The number of rotatable bonds is 3. The number of hydrogen-bond acceptors (Lipinski definition) is 6. The Morgan fingerprint density at radius 1 is 1.14 bits per heavy atom. The lowest BCUT2D eigenvalue weighted by atomic mass is 10.2. The van der Waals surface area contributed by atoms with Crippen molar-refractivity contribution in [3.8, 4) is 11.8 Å². The number of nitrogens with zero attached hydrogens (tertiary/aromatic N) is 4. The molecule has 1 aromatic carbocycles. The fourth-order valence-electron chi connectivity index (χ4n) is 2.66. The monoisotopic (exact) mass is 298 g/mol. The number of anilines is 2. The van der Waals surface area contributed by atoms with E-state index >= 15 is 0 Å².